The van der Waals surface area contributed by atoms with Gasteiger partial charge in [0.2, 0.25) is 0 Å². The number of nitrogens with zero attached hydrogens (tertiary/aromatic N) is 6. The van der Waals surface area contributed by atoms with Gasteiger partial charge in [-0.25, -0.2) is 9.97 Å². The molecular weight excluding hydrogens is 464 g/mol. The maximum absolute atomic E-state index is 12.6. The van der Waals surface area contributed by atoms with Crippen molar-refractivity contribution in [2.24, 2.45) is 7.05 Å². The molecule has 1 saturated heterocycles. The SMILES string of the molecule is Cn1c(OC2CCN(c3ccccc3CN3Cc4ccccc4C3)CC2)nc(-c2ccncn2)cc1=O. The minimum absolute atomic E-state index is 0.00440. The van der Waals surface area contributed by atoms with Gasteiger partial charge in [0.15, 0.2) is 0 Å². The summed E-state index contributed by atoms with van der Waals surface area (Å²) >= 11 is 0. The summed E-state index contributed by atoms with van der Waals surface area (Å²) in [5.74, 6) is 0. The highest BCUT2D eigenvalue weighted by molar-refractivity contribution is 5.54. The van der Waals surface area contributed by atoms with E-state index < -0.39 is 0 Å². The molecule has 4 aromatic rings. The van der Waals surface area contributed by atoms with Gasteiger partial charge in [-0.2, -0.15) is 4.98 Å². The van der Waals surface area contributed by atoms with Gasteiger partial charge in [0.25, 0.3) is 11.6 Å². The molecule has 6 rings (SSSR count). The smallest absolute Gasteiger partial charge is 0.299 e. The van der Waals surface area contributed by atoms with Crippen LogP contribution >= 0.6 is 0 Å². The number of fused-ring (bicyclic) bond motifs is 1. The highest BCUT2D eigenvalue weighted by Gasteiger charge is 2.25. The van der Waals surface area contributed by atoms with Crippen LogP contribution in [0.1, 0.15) is 29.5 Å². The van der Waals surface area contributed by atoms with E-state index in [4.69, 9.17) is 4.74 Å². The van der Waals surface area contributed by atoms with Crippen molar-refractivity contribution in [3.05, 3.63) is 100 Å². The normalized spacial score (nSPS) is 16.1. The standard InChI is InChI=1S/C29H30N6O2/c1-33-28(36)16-26(25-10-13-30-20-31-25)32-29(33)37-24-11-14-35(15-12-24)27-9-5-4-8-23(27)19-34-17-21-6-2-3-7-22(21)18-34/h2-10,13,16,20,24H,11-12,14-15,17-19H2,1H3. The first-order valence-electron chi connectivity index (χ1n) is 12.8. The van der Waals surface area contributed by atoms with Crippen molar-refractivity contribution in [3.8, 4) is 17.4 Å². The van der Waals surface area contributed by atoms with Crippen molar-refractivity contribution < 1.29 is 4.74 Å². The molecule has 1 fully saturated rings. The van der Waals surface area contributed by atoms with Crippen LogP contribution in [0.4, 0.5) is 5.69 Å². The number of hydrogen-bond donors (Lipinski definition) is 0. The molecule has 2 aliphatic heterocycles. The van der Waals surface area contributed by atoms with E-state index in [0.717, 1.165) is 45.6 Å². The Labute approximate surface area is 216 Å². The lowest BCUT2D eigenvalue weighted by Gasteiger charge is -2.35. The Morgan fingerprint density at radius 1 is 0.946 bits per heavy atom. The monoisotopic (exact) mass is 494 g/mol. The average molecular weight is 495 g/mol. The molecule has 8 nitrogen and oxygen atoms in total. The van der Waals surface area contributed by atoms with E-state index in [1.807, 2.05) is 0 Å². The highest BCUT2D eigenvalue weighted by atomic mass is 16.5. The number of aromatic nitrogens is 4. The van der Waals surface area contributed by atoms with E-state index in [1.54, 1.807) is 19.3 Å². The Morgan fingerprint density at radius 3 is 2.41 bits per heavy atom. The van der Waals surface area contributed by atoms with Gasteiger partial charge in [-0.3, -0.25) is 14.3 Å². The lowest BCUT2D eigenvalue weighted by atomic mass is 10.0. The average Bonchev–Trinajstić information content (AvgIpc) is 3.35. The first-order valence-corrected chi connectivity index (χ1v) is 12.8. The van der Waals surface area contributed by atoms with Crippen LogP contribution in [0, 0.1) is 0 Å². The Bertz CT molecular complexity index is 1420. The summed E-state index contributed by atoms with van der Waals surface area (Å²) in [5.41, 5.74) is 6.45. The molecule has 0 bridgehead atoms. The first-order chi connectivity index (χ1) is 18.1. The van der Waals surface area contributed by atoms with Gasteiger partial charge >= 0.3 is 0 Å². The van der Waals surface area contributed by atoms with Crippen molar-refractivity contribution in [1.29, 1.82) is 0 Å². The van der Waals surface area contributed by atoms with Gasteiger partial charge in [0, 0.05) is 70.6 Å². The summed E-state index contributed by atoms with van der Waals surface area (Å²) in [6.07, 6.45) is 4.80. The van der Waals surface area contributed by atoms with Crippen molar-refractivity contribution in [3.63, 3.8) is 0 Å². The summed E-state index contributed by atoms with van der Waals surface area (Å²) in [6, 6.07) is 21.0. The van der Waals surface area contributed by atoms with Crippen LogP contribution in [0.25, 0.3) is 11.4 Å². The molecule has 2 aliphatic rings. The van der Waals surface area contributed by atoms with Crippen LogP contribution in [0.3, 0.4) is 0 Å². The largest absolute Gasteiger partial charge is 0.461 e. The zero-order valence-corrected chi connectivity index (χ0v) is 21.0. The summed E-state index contributed by atoms with van der Waals surface area (Å²) in [7, 11) is 1.69. The fraction of sp³-hybridized carbons (Fsp3) is 0.310. The molecule has 37 heavy (non-hydrogen) atoms. The third-order valence-electron chi connectivity index (χ3n) is 7.28. The number of anilines is 1. The van der Waals surface area contributed by atoms with Crippen molar-refractivity contribution in [2.45, 2.75) is 38.6 Å². The maximum Gasteiger partial charge on any atom is 0.299 e. The van der Waals surface area contributed by atoms with E-state index >= 15 is 0 Å². The second-order valence-corrected chi connectivity index (χ2v) is 9.76. The summed E-state index contributed by atoms with van der Waals surface area (Å²) in [5, 5.41) is 0. The molecular formula is C29H30N6O2. The van der Waals surface area contributed by atoms with Gasteiger partial charge in [-0.15, -0.1) is 0 Å². The highest BCUT2D eigenvalue weighted by Crippen LogP contribution is 2.30. The van der Waals surface area contributed by atoms with E-state index in [1.165, 1.54) is 39.3 Å². The van der Waals surface area contributed by atoms with Crippen molar-refractivity contribution in [1.82, 2.24) is 24.4 Å². The van der Waals surface area contributed by atoms with Crippen LogP contribution in [-0.2, 0) is 26.7 Å². The fourth-order valence-corrected chi connectivity index (χ4v) is 5.27. The number of hydrogen-bond acceptors (Lipinski definition) is 7. The molecule has 0 unspecified atom stereocenters. The second kappa shape index (κ2) is 10.1. The lowest BCUT2D eigenvalue weighted by molar-refractivity contribution is 0.149. The zero-order chi connectivity index (χ0) is 25.2. The van der Waals surface area contributed by atoms with E-state index in [0.29, 0.717) is 17.4 Å². The molecule has 0 N–H and O–H groups in total. The van der Waals surface area contributed by atoms with Crippen molar-refractivity contribution >= 4 is 5.69 Å². The van der Waals surface area contributed by atoms with Crippen LogP contribution in [0.15, 0.2) is 78.0 Å². The Balaban J connectivity index is 1.12. The van der Waals surface area contributed by atoms with Crippen LogP contribution in [0.2, 0.25) is 0 Å². The van der Waals surface area contributed by atoms with E-state index in [-0.39, 0.29) is 11.7 Å². The molecule has 0 atom stereocenters. The van der Waals surface area contributed by atoms with Crippen LogP contribution in [0.5, 0.6) is 6.01 Å². The topological polar surface area (TPSA) is 76.4 Å². The molecule has 0 radical (unpaired) electrons. The molecule has 0 amide bonds. The van der Waals surface area contributed by atoms with Gasteiger partial charge < -0.3 is 9.64 Å². The van der Waals surface area contributed by atoms with E-state index in [2.05, 4.69) is 73.3 Å². The molecule has 0 saturated carbocycles. The predicted octanol–water partition coefficient (Wildman–Crippen LogP) is 3.80. The Hall–Kier alpha value is -4.04. The molecule has 8 heteroatoms. The summed E-state index contributed by atoms with van der Waals surface area (Å²) < 4.78 is 7.72. The molecule has 2 aromatic heterocycles. The van der Waals surface area contributed by atoms with Crippen molar-refractivity contribution in [2.75, 3.05) is 18.0 Å². The molecule has 4 heterocycles. The molecule has 0 aliphatic carbocycles. The van der Waals surface area contributed by atoms with Crippen LogP contribution in [-0.4, -0.2) is 43.6 Å². The zero-order valence-electron chi connectivity index (χ0n) is 21.0. The molecule has 0 spiro atoms. The second-order valence-electron chi connectivity index (χ2n) is 9.76. The number of para-hydroxylation sites is 1. The van der Waals surface area contributed by atoms with Gasteiger partial charge in [-0.05, 0) is 28.8 Å². The minimum atomic E-state index is -0.172. The number of rotatable bonds is 6. The third-order valence-corrected chi connectivity index (χ3v) is 7.28. The fourth-order valence-electron chi connectivity index (χ4n) is 5.27. The van der Waals surface area contributed by atoms with Gasteiger partial charge in [0.05, 0.1) is 11.4 Å². The number of ether oxygens (including phenoxy) is 1. The van der Waals surface area contributed by atoms with Gasteiger partial charge in [0.1, 0.15) is 12.4 Å². The quantitative estimate of drug-likeness (QED) is 0.404. The Morgan fingerprint density at radius 2 is 1.68 bits per heavy atom. The maximum atomic E-state index is 12.6. The predicted molar refractivity (Wildman–Crippen MR) is 142 cm³/mol. The molecule has 188 valence electrons. The number of piperidine rings is 1. The number of benzene rings is 2. The minimum Gasteiger partial charge on any atom is -0.461 e. The van der Waals surface area contributed by atoms with Gasteiger partial charge in [-0.1, -0.05) is 42.5 Å². The van der Waals surface area contributed by atoms with E-state index in [9.17, 15) is 4.79 Å². The summed E-state index contributed by atoms with van der Waals surface area (Å²) in [6.45, 7) is 4.71. The van der Waals surface area contributed by atoms with Crippen LogP contribution < -0.4 is 15.2 Å². The lowest BCUT2D eigenvalue weighted by Crippen LogP contribution is -2.39. The third kappa shape index (κ3) is 4.97. The molecule has 2 aromatic carbocycles. The first kappa shape index (κ1) is 23.4. The Kier molecular flexibility index (Phi) is 6.40. The summed E-state index contributed by atoms with van der Waals surface area (Å²) in [4.78, 5) is 30.3.